The van der Waals surface area contributed by atoms with Gasteiger partial charge in [0, 0.05) is 11.4 Å². The number of ether oxygens (including phenoxy) is 1. The first-order valence-electron chi connectivity index (χ1n) is 5.52. The van der Waals surface area contributed by atoms with E-state index in [2.05, 4.69) is 25.2 Å². The van der Waals surface area contributed by atoms with Crippen LogP contribution in [0.5, 0.6) is 0 Å². The smallest absolute Gasteiger partial charge is 0.323 e. The summed E-state index contributed by atoms with van der Waals surface area (Å²) in [4.78, 5) is 12.8. The molecule has 16 heavy (non-hydrogen) atoms. The zero-order valence-electron chi connectivity index (χ0n) is 10.0. The van der Waals surface area contributed by atoms with Crippen molar-refractivity contribution in [3.05, 3.63) is 22.4 Å². The Morgan fingerprint density at radius 2 is 2.38 bits per heavy atom. The summed E-state index contributed by atoms with van der Waals surface area (Å²) < 4.78 is 4.81. The van der Waals surface area contributed by atoms with Gasteiger partial charge in [-0.05, 0) is 17.4 Å². The molecule has 0 aliphatic rings. The number of carbonyl (C=O) groups excluding carboxylic acids is 1. The first-order valence-corrected chi connectivity index (χ1v) is 6.40. The van der Waals surface area contributed by atoms with Crippen molar-refractivity contribution < 1.29 is 9.53 Å². The van der Waals surface area contributed by atoms with Gasteiger partial charge in [0.15, 0.2) is 0 Å². The summed E-state index contributed by atoms with van der Waals surface area (Å²) in [5, 5.41) is 5.29. The van der Waals surface area contributed by atoms with Crippen LogP contribution in [0.4, 0.5) is 0 Å². The van der Waals surface area contributed by atoms with Crippen LogP contribution in [0.1, 0.15) is 25.1 Å². The maximum Gasteiger partial charge on any atom is 0.323 e. The second kappa shape index (κ2) is 6.66. The van der Waals surface area contributed by atoms with Crippen LogP contribution in [0, 0.1) is 5.92 Å². The minimum absolute atomic E-state index is 0.175. The van der Waals surface area contributed by atoms with E-state index in [1.165, 1.54) is 12.0 Å². The van der Waals surface area contributed by atoms with Crippen molar-refractivity contribution in [2.24, 2.45) is 5.92 Å². The molecular formula is C12H19NO2S. The minimum atomic E-state index is -0.211. The standard InChI is InChI=1S/C12H19NO2S/c1-4-9(2)11(12(14)15-3)13-8-10-6-5-7-16-10/h5-7,9,11,13H,4,8H2,1-3H3. The van der Waals surface area contributed by atoms with Crippen LogP contribution in [-0.4, -0.2) is 19.1 Å². The minimum Gasteiger partial charge on any atom is -0.468 e. The number of methoxy groups -OCH3 is 1. The van der Waals surface area contributed by atoms with E-state index in [9.17, 15) is 4.79 Å². The molecule has 0 aromatic carbocycles. The molecule has 0 saturated carbocycles. The Labute approximate surface area is 101 Å². The van der Waals surface area contributed by atoms with E-state index in [-0.39, 0.29) is 17.9 Å². The molecule has 1 heterocycles. The van der Waals surface area contributed by atoms with Gasteiger partial charge < -0.3 is 4.74 Å². The zero-order valence-corrected chi connectivity index (χ0v) is 10.8. The van der Waals surface area contributed by atoms with Gasteiger partial charge in [-0.1, -0.05) is 26.3 Å². The second-order valence-electron chi connectivity index (χ2n) is 3.85. The molecule has 1 aromatic heterocycles. The van der Waals surface area contributed by atoms with Gasteiger partial charge in [0.1, 0.15) is 6.04 Å². The van der Waals surface area contributed by atoms with Gasteiger partial charge in [0.25, 0.3) is 0 Å². The van der Waals surface area contributed by atoms with E-state index in [1.807, 2.05) is 11.4 Å². The molecule has 0 saturated heterocycles. The number of rotatable bonds is 6. The quantitative estimate of drug-likeness (QED) is 0.777. The van der Waals surface area contributed by atoms with Gasteiger partial charge in [0.05, 0.1) is 7.11 Å². The highest BCUT2D eigenvalue weighted by Crippen LogP contribution is 2.12. The third kappa shape index (κ3) is 3.61. The Balaban J connectivity index is 2.53. The zero-order chi connectivity index (χ0) is 12.0. The molecular weight excluding hydrogens is 222 g/mol. The predicted molar refractivity (Wildman–Crippen MR) is 66.4 cm³/mol. The number of thiophene rings is 1. The van der Waals surface area contributed by atoms with E-state index in [4.69, 9.17) is 4.74 Å². The Morgan fingerprint density at radius 1 is 1.62 bits per heavy atom. The van der Waals surface area contributed by atoms with E-state index in [1.54, 1.807) is 11.3 Å². The number of hydrogen-bond donors (Lipinski definition) is 1. The normalized spacial score (nSPS) is 14.4. The third-order valence-electron chi connectivity index (χ3n) is 2.74. The number of esters is 1. The molecule has 1 N–H and O–H groups in total. The Kier molecular flexibility index (Phi) is 5.49. The highest BCUT2D eigenvalue weighted by Gasteiger charge is 2.24. The van der Waals surface area contributed by atoms with E-state index < -0.39 is 0 Å². The Hall–Kier alpha value is -0.870. The summed E-state index contributed by atoms with van der Waals surface area (Å²) in [5.74, 6) is 0.110. The summed E-state index contributed by atoms with van der Waals surface area (Å²) in [6.07, 6.45) is 0.956. The summed E-state index contributed by atoms with van der Waals surface area (Å²) >= 11 is 1.69. The molecule has 4 heteroatoms. The van der Waals surface area contributed by atoms with Crippen LogP contribution in [0.25, 0.3) is 0 Å². The Morgan fingerprint density at radius 3 is 2.88 bits per heavy atom. The summed E-state index contributed by atoms with van der Waals surface area (Å²) in [6, 6.07) is 3.86. The number of nitrogens with one attached hydrogen (secondary N) is 1. The maximum absolute atomic E-state index is 11.6. The highest BCUT2D eigenvalue weighted by molar-refractivity contribution is 7.09. The molecule has 0 aliphatic heterocycles. The molecule has 0 radical (unpaired) electrons. The molecule has 3 nitrogen and oxygen atoms in total. The van der Waals surface area contributed by atoms with Gasteiger partial charge in [-0.15, -0.1) is 11.3 Å². The fourth-order valence-electron chi connectivity index (χ4n) is 1.50. The third-order valence-corrected chi connectivity index (χ3v) is 3.62. The summed E-state index contributed by atoms with van der Waals surface area (Å²) in [6.45, 7) is 4.86. The fraction of sp³-hybridized carbons (Fsp3) is 0.583. The molecule has 0 bridgehead atoms. The van der Waals surface area contributed by atoms with Crippen LogP contribution >= 0.6 is 11.3 Å². The number of hydrogen-bond acceptors (Lipinski definition) is 4. The monoisotopic (exact) mass is 241 g/mol. The summed E-state index contributed by atoms with van der Waals surface area (Å²) in [7, 11) is 1.44. The van der Waals surface area contributed by atoms with Crippen LogP contribution in [0.2, 0.25) is 0 Å². The van der Waals surface area contributed by atoms with E-state index in [0.29, 0.717) is 0 Å². The highest BCUT2D eigenvalue weighted by atomic mass is 32.1. The molecule has 0 amide bonds. The molecule has 2 atom stereocenters. The first kappa shape index (κ1) is 13.2. The van der Waals surface area contributed by atoms with Crippen molar-refractivity contribution in [2.75, 3.05) is 7.11 Å². The van der Waals surface area contributed by atoms with E-state index in [0.717, 1.165) is 13.0 Å². The van der Waals surface area contributed by atoms with Crippen LogP contribution in [-0.2, 0) is 16.1 Å². The van der Waals surface area contributed by atoms with Crippen molar-refractivity contribution in [3.63, 3.8) is 0 Å². The van der Waals surface area contributed by atoms with Crippen molar-refractivity contribution in [1.29, 1.82) is 0 Å². The molecule has 0 fully saturated rings. The topological polar surface area (TPSA) is 38.3 Å². The average molecular weight is 241 g/mol. The van der Waals surface area contributed by atoms with Crippen molar-refractivity contribution in [2.45, 2.75) is 32.9 Å². The van der Waals surface area contributed by atoms with Gasteiger partial charge in [-0.25, -0.2) is 0 Å². The maximum atomic E-state index is 11.6. The predicted octanol–water partition coefficient (Wildman–Crippen LogP) is 2.43. The fourth-order valence-corrected chi connectivity index (χ4v) is 2.16. The van der Waals surface area contributed by atoms with Crippen molar-refractivity contribution in [3.8, 4) is 0 Å². The molecule has 0 spiro atoms. The second-order valence-corrected chi connectivity index (χ2v) is 4.88. The summed E-state index contributed by atoms with van der Waals surface area (Å²) in [5.41, 5.74) is 0. The molecule has 0 aliphatic carbocycles. The molecule has 1 aromatic rings. The largest absolute Gasteiger partial charge is 0.468 e. The van der Waals surface area contributed by atoms with Crippen LogP contribution in [0.3, 0.4) is 0 Å². The average Bonchev–Trinajstić information content (AvgIpc) is 2.81. The lowest BCUT2D eigenvalue weighted by molar-refractivity contribution is -0.144. The number of carbonyl (C=O) groups is 1. The van der Waals surface area contributed by atoms with E-state index >= 15 is 0 Å². The van der Waals surface area contributed by atoms with Crippen molar-refractivity contribution in [1.82, 2.24) is 5.32 Å². The van der Waals surface area contributed by atoms with Crippen LogP contribution < -0.4 is 5.32 Å². The molecule has 2 unspecified atom stereocenters. The first-order chi connectivity index (χ1) is 7.69. The lowest BCUT2D eigenvalue weighted by atomic mass is 9.99. The van der Waals surface area contributed by atoms with Gasteiger partial charge in [-0.2, -0.15) is 0 Å². The SMILES string of the molecule is CCC(C)C(NCc1cccs1)C(=O)OC. The lowest BCUT2D eigenvalue weighted by Gasteiger charge is -2.21. The lowest BCUT2D eigenvalue weighted by Crippen LogP contribution is -2.42. The Bertz CT molecular complexity index is 311. The molecule has 1 rings (SSSR count). The van der Waals surface area contributed by atoms with Gasteiger partial charge in [-0.3, -0.25) is 10.1 Å². The molecule has 90 valence electrons. The van der Waals surface area contributed by atoms with Crippen molar-refractivity contribution >= 4 is 17.3 Å². The van der Waals surface area contributed by atoms with Gasteiger partial charge in [0.2, 0.25) is 0 Å². The van der Waals surface area contributed by atoms with Crippen LogP contribution in [0.15, 0.2) is 17.5 Å². The van der Waals surface area contributed by atoms with Gasteiger partial charge >= 0.3 is 5.97 Å².